The molecular formula is C11H11FN4O. The molecule has 5 nitrogen and oxygen atoms in total. The number of alkyl halides is 1. The maximum absolute atomic E-state index is 13.0. The Kier molecular flexibility index (Phi) is 2.56. The number of rotatable bonds is 2. The normalized spacial score (nSPS) is 24.1. The predicted octanol–water partition coefficient (Wildman–Crippen LogP) is 1.50. The molecule has 0 saturated carbocycles. The number of halogens is 1. The first-order valence-corrected chi connectivity index (χ1v) is 5.44. The summed E-state index contributed by atoms with van der Waals surface area (Å²) in [5, 5.41) is 6.87. The third-order valence-corrected chi connectivity index (χ3v) is 2.74. The first-order chi connectivity index (χ1) is 8.33. The summed E-state index contributed by atoms with van der Waals surface area (Å²) in [6.07, 6.45) is 2.88. The molecule has 2 atom stereocenters. The standard InChI is InChI=1S/C11H11FN4O/c12-8-4-9(14-6-8)11-15-10(16-17-11)7-2-1-3-13-5-7/h1-3,5,8-9,14H,4,6H2/t8-,9-/m0/s1. The van der Waals surface area contributed by atoms with Crippen LogP contribution in [-0.4, -0.2) is 27.8 Å². The van der Waals surface area contributed by atoms with Crippen molar-refractivity contribution >= 4 is 0 Å². The van der Waals surface area contributed by atoms with Crippen molar-refractivity contribution in [3.8, 4) is 11.4 Å². The minimum atomic E-state index is -0.839. The van der Waals surface area contributed by atoms with Crippen molar-refractivity contribution in [2.75, 3.05) is 6.54 Å². The van der Waals surface area contributed by atoms with E-state index in [1.54, 1.807) is 18.5 Å². The van der Waals surface area contributed by atoms with Gasteiger partial charge in [-0.2, -0.15) is 4.98 Å². The van der Waals surface area contributed by atoms with Gasteiger partial charge in [-0.25, -0.2) is 4.39 Å². The van der Waals surface area contributed by atoms with E-state index >= 15 is 0 Å². The minimum absolute atomic E-state index is 0.178. The van der Waals surface area contributed by atoms with E-state index in [4.69, 9.17) is 4.52 Å². The number of nitrogens with one attached hydrogen (secondary N) is 1. The number of aromatic nitrogens is 3. The number of nitrogens with zero attached hydrogens (tertiary/aromatic N) is 3. The van der Waals surface area contributed by atoms with E-state index in [1.165, 1.54) is 0 Å². The average molecular weight is 234 g/mol. The van der Waals surface area contributed by atoms with E-state index in [2.05, 4.69) is 20.4 Å². The zero-order valence-corrected chi connectivity index (χ0v) is 9.01. The quantitative estimate of drug-likeness (QED) is 0.853. The first kappa shape index (κ1) is 10.3. The predicted molar refractivity (Wildman–Crippen MR) is 57.8 cm³/mol. The molecule has 1 aliphatic rings. The van der Waals surface area contributed by atoms with Gasteiger partial charge in [0, 0.05) is 30.9 Å². The largest absolute Gasteiger partial charge is 0.337 e. The third-order valence-electron chi connectivity index (χ3n) is 2.74. The van der Waals surface area contributed by atoms with E-state index in [-0.39, 0.29) is 6.04 Å². The second-order valence-corrected chi connectivity index (χ2v) is 3.99. The topological polar surface area (TPSA) is 63.8 Å². The number of pyridine rings is 1. The second-order valence-electron chi connectivity index (χ2n) is 3.99. The summed E-state index contributed by atoms with van der Waals surface area (Å²) < 4.78 is 18.2. The molecule has 2 aromatic heterocycles. The Balaban J connectivity index is 1.84. The van der Waals surface area contributed by atoms with Crippen LogP contribution < -0.4 is 5.32 Å². The first-order valence-electron chi connectivity index (χ1n) is 5.44. The average Bonchev–Trinajstić information content (AvgIpc) is 2.98. The third kappa shape index (κ3) is 2.03. The molecule has 1 saturated heterocycles. The van der Waals surface area contributed by atoms with Crippen LogP contribution >= 0.6 is 0 Å². The molecule has 0 bridgehead atoms. The highest BCUT2D eigenvalue weighted by Crippen LogP contribution is 2.25. The molecule has 0 aromatic carbocycles. The Hall–Kier alpha value is -1.82. The highest BCUT2D eigenvalue weighted by atomic mass is 19.1. The van der Waals surface area contributed by atoms with Crippen LogP contribution in [0.15, 0.2) is 29.0 Å². The maximum atomic E-state index is 13.0. The van der Waals surface area contributed by atoms with Crippen LogP contribution in [0.3, 0.4) is 0 Å². The molecule has 3 rings (SSSR count). The Labute approximate surface area is 97.1 Å². The Morgan fingerprint density at radius 3 is 3.12 bits per heavy atom. The molecule has 0 spiro atoms. The van der Waals surface area contributed by atoms with Gasteiger partial charge in [0.15, 0.2) is 0 Å². The van der Waals surface area contributed by atoms with Crippen molar-refractivity contribution in [1.29, 1.82) is 0 Å². The summed E-state index contributed by atoms with van der Waals surface area (Å²) in [5.74, 6) is 0.918. The van der Waals surface area contributed by atoms with Crippen LogP contribution in [-0.2, 0) is 0 Å². The van der Waals surface area contributed by atoms with Crippen LogP contribution in [0.1, 0.15) is 18.4 Å². The lowest BCUT2D eigenvalue weighted by atomic mass is 10.2. The van der Waals surface area contributed by atoms with Crippen LogP contribution in [0.5, 0.6) is 0 Å². The lowest BCUT2D eigenvalue weighted by Gasteiger charge is -2.00. The summed E-state index contributed by atoms with van der Waals surface area (Å²) in [6.45, 7) is 0.343. The van der Waals surface area contributed by atoms with Crippen LogP contribution in [0.2, 0.25) is 0 Å². The van der Waals surface area contributed by atoms with E-state index in [0.717, 1.165) is 5.56 Å². The summed E-state index contributed by atoms with van der Waals surface area (Å²) in [5.41, 5.74) is 0.789. The van der Waals surface area contributed by atoms with Crippen LogP contribution in [0.4, 0.5) is 4.39 Å². The van der Waals surface area contributed by atoms with Crippen molar-refractivity contribution in [3.63, 3.8) is 0 Å². The fourth-order valence-electron chi connectivity index (χ4n) is 1.87. The molecule has 88 valence electrons. The number of hydrogen-bond donors (Lipinski definition) is 1. The van der Waals surface area contributed by atoms with Crippen LogP contribution in [0, 0.1) is 0 Å². The lowest BCUT2D eigenvalue weighted by Crippen LogP contribution is -2.14. The van der Waals surface area contributed by atoms with Gasteiger partial charge in [0.25, 0.3) is 0 Å². The van der Waals surface area contributed by atoms with Gasteiger partial charge in [-0.05, 0) is 12.1 Å². The minimum Gasteiger partial charge on any atom is -0.337 e. The molecule has 0 radical (unpaired) electrons. The lowest BCUT2D eigenvalue weighted by molar-refractivity contribution is 0.324. The van der Waals surface area contributed by atoms with Crippen LogP contribution in [0.25, 0.3) is 11.4 Å². The van der Waals surface area contributed by atoms with Crippen molar-refractivity contribution in [2.24, 2.45) is 0 Å². The summed E-state index contributed by atoms with van der Waals surface area (Å²) in [7, 11) is 0. The van der Waals surface area contributed by atoms with Gasteiger partial charge in [0.1, 0.15) is 6.17 Å². The Bertz CT molecular complexity index is 501. The van der Waals surface area contributed by atoms with Gasteiger partial charge in [-0.1, -0.05) is 5.16 Å². The molecule has 2 aromatic rings. The number of hydrogen-bond acceptors (Lipinski definition) is 5. The molecule has 17 heavy (non-hydrogen) atoms. The zero-order chi connectivity index (χ0) is 11.7. The Morgan fingerprint density at radius 2 is 2.41 bits per heavy atom. The van der Waals surface area contributed by atoms with Gasteiger partial charge >= 0.3 is 0 Å². The van der Waals surface area contributed by atoms with Gasteiger partial charge in [-0.3, -0.25) is 4.98 Å². The fraction of sp³-hybridized carbons (Fsp3) is 0.364. The molecular weight excluding hydrogens is 223 g/mol. The van der Waals surface area contributed by atoms with Crippen molar-refractivity contribution in [2.45, 2.75) is 18.6 Å². The van der Waals surface area contributed by atoms with Gasteiger partial charge in [-0.15, -0.1) is 0 Å². The molecule has 1 N–H and O–H groups in total. The second kappa shape index (κ2) is 4.21. The Morgan fingerprint density at radius 1 is 1.47 bits per heavy atom. The van der Waals surface area contributed by atoms with Gasteiger partial charge < -0.3 is 9.84 Å². The maximum Gasteiger partial charge on any atom is 0.244 e. The fourth-order valence-corrected chi connectivity index (χ4v) is 1.87. The summed E-state index contributed by atoms with van der Waals surface area (Å²) in [4.78, 5) is 8.23. The SMILES string of the molecule is F[C@@H]1CN[C@H](c2nc(-c3cccnc3)no2)C1. The molecule has 1 fully saturated rings. The van der Waals surface area contributed by atoms with E-state index in [0.29, 0.717) is 24.7 Å². The molecule has 1 aliphatic heterocycles. The zero-order valence-electron chi connectivity index (χ0n) is 9.01. The van der Waals surface area contributed by atoms with Gasteiger partial charge in [0.2, 0.25) is 11.7 Å². The van der Waals surface area contributed by atoms with Crippen molar-refractivity contribution < 1.29 is 8.91 Å². The van der Waals surface area contributed by atoms with Crippen molar-refractivity contribution in [3.05, 3.63) is 30.4 Å². The molecule has 0 aliphatic carbocycles. The summed E-state index contributed by atoms with van der Waals surface area (Å²) >= 11 is 0. The van der Waals surface area contributed by atoms with Crippen molar-refractivity contribution in [1.82, 2.24) is 20.4 Å². The van der Waals surface area contributed by atoms with E-state index in [1.807, 2.05) is 6.07 Å². The molecule has 3 heterocycles. The van der Waals surface area contributed by atoms with E-state index < -0.39 is 6.17 Å². The highest BCUT2D eigenvalue weighted by molar-refractivity contribution is 5.51. The smallest absolute Gasteiger partial charge is 0.244 e. The molecule has 6 heteroatoms. The molecule has 0 amide bonds. The van der Waals surface area contributed by atoms with Gasteiger partial charge in [0.05, 0.1) is 6.04 Å². The van der Waals surface area contributed by atoms with E-state index in [9.17, 15) is 4.39 Å². The monoisotopic (exact) mass is 234 g/mol. The highest BCUT2D eigenvalue weighted by Gasteiger charge is 2.29. The molecule has 0 unspecified atom stereocenters. The summed E-state index contributed by atoms with van der Waals surface area (Å²) in [6, 6.07) is 3.47.